The van der Waals surface area contributed by atoms with Crippen molar-refractivity contribution in [2.24, 2.45) is 10.2 Å². The van der Waals surface area contributed by atoms with Gasteiger partial charge < -0.3 is 9.47 Å². The standard InChI is InChI=1S/C52H80N4O4/c1-3-5-7-9-11-13-15-17-19-21-23-25-27-29-43-59-49-39-33-46(34-40-49)52(58)56-55-51(57)45-31-35-47(36-32-45)53-54-48-37-41-50(42-38-48)60-44-30-28-26-24-22-20-18-16-14-12-10-8-6-4-2/h31-42H,3-30,43-44H2,1-2H3,(H,55,57)(H,56,58). The molecule has 0 aliphatic carbocycles. The fourth-order valence-electron chi connectivity index (χ4n) is 7.34. The molecule has 0 unspecified atom stereocenters. The molecular weight excluding hydrogens is 745 g/mol. The number of nitrogens with zero attached hydrogens (tertiary/aromatic N) is 2. The maximum atomic E-state index is 12.7. The van der Waals surface area contributed by atoms with E-state index in [1.165, 1.54) is 167 Å². The number of unbranched alkanes of at least 4 members (excludes halogenated alkanes) is 26. The first-order valence-corrected chi connectivity index (χ1v) is 24.2. The number of nitrogens with one attached hydrogen (secondary N) is 2. The highest BCUT2D eigenvalue weighted by Crippen LogP contribution is 2.23. The Balaban J connectivity index is 1.19. The second kappa shape index (κ2) is 34.5. The van der Waals surface area contributed by atoms with Crippen molar-refractivity contribution in [1.82, 2.24) is 10.9 Å². The number of carbonyl (C=O) groups is 2. The minimum absolute atomic E-state index is 0.391. The van der Waals surface area contributed by atoms with Crippen LogP contribution in [0.15, 0.2) is 83.0 Å². The first-order valence-electron chi connectivity index (χ1n) is 24.2. The SMILES string of the molecule is CCCCCCCCCCCCCCCCOc1ccc(N=Nc2ccc(C(=O)NNC(=O)c3ccc(OCCCCCCCCCCCCCCCC)cc3)cc2)cc1. The number of ether oxygens (including phenoxy) is 2. The average molecular weight is 825 g/mol. The van der Waals surface area contributed by atoms with Crippen molar-refractivity contribution in [3.63, 3.8) is 0 Å². The summed E-state index contributed by atoms with van der Waals surface area (Å²) in [5.74, 6) is 0.741. The van der Waals surface area contributed by atoms with Crippen molar-refractivity contribution in [1.29, 1.82) is 0 Å². The topological polar surface area (TPSA) is 101 Å². The molecule has 0 radical (unpaired) electrons. The van der Waals surface area contributed by atoms with E-state index in [4.69, 9.17) is 9.47 Å². The smallest absolute Gasteiger partial charge is 0.269 e. The third-order valence-corrected chi connectivity index (χ3v) is 11.2. The van der Waals surface area contributed by atoms with Gasteiger partial charge in [0.05, 0.1) is 24.6 Å². The first kappa shape index (κ1) is 50.2. The molecule has 3 aromatic rings. The van der Waals surface area contributed by atoms with Crippen LogP contribution in [0.1, 0.15) is 214 Å². The quantitative estimate of drug-likeness (QED) is 0.0346. The number of azo groups is 1. The molecule has 0 spiro atoms. The lowest BCUT2D eigenvalue weighted by Crippen LogP contribution is -2.41. The van der Waals surface area contributed by atoms with E-state index < -0.39 is 11.8 Å². The summed E-state index contributed by atoms with van der Waals surface area (Å²) in [5.41, 5.74) is 7.12. The summed E-state index contributed by atoms with van der Waals surface area (Å²) in [4.78, 5) is 25.3. The van der Waals surface area contributed by atoms with E-state index in [1.807, 2.05) is 24.3 Å². The van der Waals surface area contributed by atoms with Crippen LogP contribution in [0, 0.1) is 0 Å². The molecule has 0 atom stereocenters. The second-order valence-electron chi connectivity index (χ2n) is 16.6. The van der Waals surface area contributed by atoms with Gasteiger partial charge in [0.25, 0.3) is 11.8 Å². The number of hydrogen-bond acceptors (Lipinski definition) is 6. The molecule has 0 saturated carbocycles. The zero-order valence-corrected chi connectivity index (χ0v) is 37.7. The van der Waals surface area contributed by atoms with E-state index in [0.717, 1.165) is 30.9 Å². The predicted octanol–water partition coefficient (Wildman–Crippen LogP) is 15.9. The maximum absolute atomic E-state index is 12.7. The minimum atomic E-state index is -0.426. The van der Waals surface area contributed by atoms with Crippen LogP contribution in [0.3, 0.4) is 0 Å². The number of carbonyl (C=O) groups excluding carboxylic acids is 2. The van der Waals surface area contributed by atoms with Gasteiger partial charge in [0.15, 0.2) is 0 Å². The molecule has 0 fully saturated rings. The van der Waals surface area contributed by atoms with Gasteiger partial charge in [0, 0.05) is 11.1 Å². The van der Waals surface area contributed by atoms with Gasteiger partial charge in [0.1, 0.15) is 11.5 Å². The molecule has 0 bridgehead atoms. The maximum Gasteiger partial charge on any atom is 0.269 e. The number of benzene rings is 3. The third kappa shape index (κ3) is 24.8. The van der Waals surface area contributed by atoms with E-state index in [0.29, 0.717) is 29.1 Å². The number of rotatable bonds is 36. The predicted molar refractivity (Wildman–Crippen MR) is 250 cm³/mol. The molecule has 2 N–H and O–H groups in total. The van der Waals surface area contributed by atoms with Crippen molar-refractivity contribution >= 4 is 23.2 Å². The van der Waals surface area contributed by atoms with Gasteiger partial charge in [-0.1, -0.05) is 181 Å². The van der Waals surface area contributed by atoms with Crippen molar-refractivity contribution in [2.45, 2.75) is 194 Å². The molecule has 3 rings (SSSR count). The van der Waals surface area contributed by atoms with Crippen LogP contribution in [0.4, 0.5) is 11.4 Å². The zero-order chi connectivity index (χ0) is 42.6. The van der Waals surface area contributed by atoms with Crippen LogP contribution in [0.5, 0.6) is 11.5 Å². The summed E-state index contributed by atoms with van der Waals surface area (Å²) in [7, 11) is 0. The van der Waals surface area contributed by atoms with E-state index in [-0.39, 0.29) is 0 Å². The molecule has 332 valence electrons. The van der Waals surface area contributed by atoms with Crippen molar-refractivity contribution < 1.29 is 19.1 Å². The van der Waals surface area contributed by atoms with Crippen LogP contribution < -0.4 is 20.3 Å². The minimum Gasteiger partial charge on any atom is -0.494 e. The highest BCUT2D eigenvalue weighted by atomic mass is 16.5. The average Bonchev–Trinajstić information content (AvgIpc) is 3.28. The van der Waals surface area contributed by atoms with E-state index in [1.54, 1.807) is 48.5 Å². The Morgan fingerprint density at radius 2 is 0.617 bits per heavy atom. The molecule has 8 heteroatoms. The Hall–Kier alpha value is -4.20. The monoisotopic (exact) mass is 825 g/mol. The van der Waals surface area contributed by atoms with Crippen molar-refractivity contribution in [3.8, 4) is 11.5 Å². The lowest BCUT2D eigenvalue weighted by molar-refractivity contribution is 0.0846. The van der Waals surface area contributed by atoms with Crippen LogP contribution >= 0.6 is 0 Å². The highest BCUT2D eigenvalue weighted by molar-refractivity contribution is 5.99. The molecule has 60 heavy (non-hydrogen) atoms. The summed E-state index contributed by atoms with van der Waals surface area (Å²) >= 11 is 0. The van der Waals surface area contributed by atoms with Gasteiger partial charge >= 0.3 is 0 Å². The van der Waals surface area contributed by atoms with Crippen LogP contribution in [-0.2, 0) is 0 Å². The molecule has 0 aliphatic heterocycles. The third-order valence-electron chi connectivity index (χ3n) is 11.2. The van der Waals surface area contributed by atoms with Gasteiger partial charge in [0.2, 0.25) is 0 Å². The van der Waals surface area contributed by atoms with Gasteiger partial charge in [-0.3, -0.25) is 20.4 Å². The Morgan fingerprint density at radius 3 is 0.933 bits per heavy atom. The molecule has 0 aliphatic rings. The molecule has 0 aromatic heterocycles. The molecule has 2 amide bonds. The van der Waals surface area contributed by atoms with Gasteiger partial charge in [-0.25, -0.2) is 0 Å². The Labute approximate surface area is 364 Å². The number of amides is 2. The van der Waals surface area contributed by atoms with Crippen LogP contribution in [-0.4, -0.2) is 25.0 Å². The Bertz CT molecular complexity index is 1530. The summed E-state index contributed by atoms with van der Waals surface area (Å²) in [5, 5.41) is 8.62. The van der Waals surface area contributed by atoms with Crippen molar-refractivity contribution in [3.05, 3.63) is 83.9 Å². The summed E-state index contributed by atoms with van der Waals surface area (Å²) < 4.78 is 11.8. The van der Waals surface area contributed by atoms with Gasteiger partial charge in [-0.15, -0.1) is 0 Å². The van der Waals surface area contributed by atoms with Gasteiger partial charge in [-0.05, 0) is 85.6 Å². The van der Waals surface area contributed by atoms with E-state index >= 15 is 0 Å². The van der Waals surface area contributed by atoms with Gasteiger partial charge in [-0.2, -0.15) is 10.2 Å². The fraction of sp³-hybridized carbons (Fsp3) is 0.615. The van der Waals surface area contributed by atoms with E-state index in [9.17, 15) is 9.59 Å². The lowest BCUT2D eigenvalue weighted by atomic mass is 10.0. The van der Waals surface area contributed by atoms with E-state index in [2.05, 4.69) is 34.9 Å². The summed E-state index contributed by atoms with van der Waals surface area (Å²) in [6.45, 7) is 5.95. The zero-order valence-electron chi connectivity index (χ0n) is 37.7. The normalized spacial score (nSPS) is 11.2. The molecule has 0 heterocycles. The first-order chi connectivity index (χ1) is 29.6. The molecular formula is C52H80N4O4. The highest BCUT2D eigenvalue weighted by Gasteiger charge is 2.10. The molecule has 0 saturated heterocycles. The molecule has 8 nitrogen and oxygen atoms in total. The number of hydrogen-bond donors (Lipinski definition) is 2. The Morgan fingerprint density at radius 1 is 0.367 bits per heavy atom. The largest absolute Gasteiger partial charge is 0.494 e. The van der Waals surface area contributed by atoms with Crippen molar-refractivity contribution in [2.75, 3.05) is 13.2 Å². The molecule has 3 aromatic carbocycles. The second-order valence-corrected chi connectivity index (χ2v) is 16.6. The van der Waals surface area contributed by atoms with Crippen LogP contribution in [0.25, 0.3) is 0 Å². The lowest BCUT2D eigenvalue weighted by Gasteiger charge is -2.09. The summed E-state index contributed by atoms with van der Waals surface area (Å²) in [6, 6.07) is 21.3. The fourth-order valence-corrected chi connectivity index (χ4v) is 7.34. The number of hydrazine groups is 1. The van der Waals surface area contributed by atoms with Crippen LogP contribution in [0.2, 0.25) is 0 Å². The Kier molecular flexibility index (Phi) is 28.8. The summed E-state index contributed by atoms with van der Waals surface area (Å²) in [6.07, 6.45) is 37.4.